The van der Waals surface area contributed by atoms with E-state index in [0.29, 0.717) is 34.8 Å². The normalized spacial score (nSPS) is 13.9. The lowest BCUT2D eigenvalue weighted by Gasteiger charge is -2.29. The number of benzene rings is 2. The van der Waals surface area contributed by atoms with Gasteiger partial charge in [-0.2, -0.15) is 0 Å². The van der Waals surface area contributed by atoms with Crippen LogP contribution in [0.1, 0.15) is 54.7 Å². The maximum Gasteiger partial charge on any atom is 0.273 e. The van der Waals surface area contributed by atoms with Crippen LogP contribution in [0, 0.1) is 5.82 Å². The summed E-state index contributed by atoms with van der Waals surface area (Å²) < 4.78 is 15.3. The summed E-state index contributed by atoms with van der Waals surface area (Å²) in [5.41, 5.74) is 1.88. The molecule has 0 aliphatic rings. The topological polar surface area (TPSA) is 58.4 Å². The number of carbonyl (C=O) groups excluding carboxylic acids is 1. The molecule has 1 N–H and O–H groups in total. The van der Waals surface area contributed by atoms with Crippen LogP contribution < -0.4 is 0 Å². The van der Waals surface area contributed by atoms with Gasteiger partial charge >= 0.3 is 0 Å². The van der Waals surface area contributed by atoms with Crippen molar-refractivity contribution in [2.45, 2.75) is 44.2 Å². The van der Waals surface area contributed by atoms with Gasteiger partial charge in [0.25, 0.3) is 5.91 Å². The highest BCUT2D eigenvalue weighted by Gasteiger charge is 2.29. The molecule has 37 heavy (non-hydrogen) atoms. The largest absolute Gasteiger partial charge is 0.385 e. The number of allylic oxidation sites excluding steroid dienone is 2. The van der Waals surface area contributed by atoms with Gasteiger partial charge in [-0.25, -0.2) is 9.37 Å². The van der Waals surface area contributed by atoms with Crippen molar-refractivity contribution in [3.63, 3.8) is 0 Å². The van der Waals surface area contributed by atoms with Crippen molar-refractivity contribution in [2.75, 3.05) is 13.6 Å². The Bertz CT molecular complexity index is 1240. The summed E-state index contributed by atoms with van der Waals surface area (Å²) in [5.74, 6) is -0.0810. The lowest BCUT2D eigenvalue weighted by Crippen LogP contribution is -2.34. The molecule has 196 valence electrons. The predicted molar refractivity (Wildman–Crippen MR) is 148 cm³/mol. The molecule has 0 spiro atoms. The average molecular weight is 544 g/mol. The third-order valence-electron chi connectivity index (χ3n) is 6.59. The van der Waals surface area contributed by atoms with Crippen LogP contribution in [-0.4, -0.2) is 39.1 Å². The zero-order valence-corrected chi connectivity index (χ0v) is 22.6. The molecule has 5 nitrogen and oxygen atoms in total. The smallest absolute Gasteiger partial charge is 0.273 e. The van der Waals surface area contributed by atoms with Gasteiger partial charge in [0.15, 0.2) is 0 Å². The Hall–Kier alpha value is -2.93. The number of amides is 1. The van der Waals surface area contributed by atoms with Crippen molar-refractivity contribution in [1.29, 1.82) is 0 Å². The fraction of sp³-hybridized carbons (Fsp3) is 0.310. The molecule has 0 saturated heterocycles. The first-order valence-electron chi connectivity index (χ1n) is 12.2. The Labute approximate surface area is 227 Å². The number of halogens is 3. The molecule has 2 aromatic carbocycles. The second-order valence-electron chi connectivity index (χ2n) is 8.95. The highest BCUT2D eigenvalue weighted by molar-refractivity contribution is 6.33. The molecule has 1 aromatic heterocycles. The maximum absolute atomic E-state index is 13.4. The lowest BCUT2D eigenvalue weighted by molar-refractivity contribution is 0.0154. The van der Waals surface area contributed by atoms with Gasteiger partial charge < -0.3 is 14.6 Å². The summed E-state index contributed by atoms with van der Waals surface area (Å²) in [4.78, 5) is 19.6. The summed E-state index contributed by atoms with van der Waals surface area (Å²) in [6.45, 7) is 6.11. The monoisotopic (exact) mass is 543 g/mol. The van der Waals surface area contributed by atoms with Crippen LogP contribution in [0.15, 0.2) is 79.0 Å². The number of imidazole rings is 1. The molecule has 0 radical (unpaired) electrons. The van der Waals surface area contributed by atoms with E-state index in [4.69, 9.17) is 23.2 Å². The number of nitrogens with zero attached hydrogens (tertiary/aromatic N) is 3. The summed E-state index contributed by atoms with van der Waals surface area (Å²) >= 11 is 12.2. The molecule has 2 unspecified atom stereocenters. The van der Waals surface area contributed by atoms with Gasteiger partial charge in [-0.1, -0.05) is 66.5 Å². The Morgan fingerprint density at radius 2 is 1.97 bits per heavy atom. The van der Waals surface area contributed by atoms with Gasteiger partial charge in [-0.3, -0.25) is 4.79 Å². The molecule has 3 aromatic rings. The fourth-order valence-corrected chi connectivity index (χ4v) is 4.57. The van der Waals surface area contributed by atoms with Gasteiger partial charge in [0, 0.05) is 30.9 Å². The van der Waals surface area contributed by atoms with Crippen LogP contribution in [0.3, 0.4) is 0 Å². The molecule has 0 bridgehead atoms. The summed E-state index contributed by atoms with van der Waals surface area (Å²) in [6.07, 6.45) is 7.54. The fourth-order valence-electron chi connectivity index (χ4n) is 4.23. The first kappa shape index (κ1) is 28.6. The molecular formula is C29H32Cl2FN3O2. The van der Waals surface area contributed by atoms with Crippen molar-refractivity contribution in [2.24, 2.45) is 0 Å². The molecule has 0 saturated carbocycles. The van der Waals surface area contributed by atoms with E-state index in [0.717, 1.165) is 6.42 Å². The van der Waals surface area contributed by atoms with E-state index in [9.17, 15) is 14.3 Å². The van der Waals surface area contributed by atoms with Crippen LogP contribution in [0.25, 0.3) is 11.4 Å². The Morgan fingerprint density at radius 3 is 2.59 bits per heavy atom. The standard InChI is InChI=1S/C29H32Cl2FN3O2/c1-4-23(10-8-9-18-30)35-20-26(33-27(35)24-11-6-7-12-25(24)31)28(36)34(3)19-17-29(37,5-2)21-13-15-22(32)16-14-21/h4,6-7,9,11-16,18,20,23,37H,1,5,8,10,17,19H2,2-3H3/b18-9+. The number of hydrogen-bond donors (Lipinski definition) is 1. The second kappa shape index (κ2) is 13.0. The van der Waals surface area contributed by atoms with E-state index in [1.165, 1.54) is 22.6 Å². The minimum Gasteiger partial charge on any atom is -0.385 e. The maximum atomic E-state index is 13.4. The van der Waals surface area contributed by atoms with Gasteiger partial charge in [0.1, 0.15) is 17.3 Å². The van der Waals surface area contributed by atoms with Crippen LogP contribution in [-0.2, 0) is 5.60 Å². The van der Waals surface area contributed by atoms with Crippen LogP contribution >= 0.6 is 23.2 Å². The highest BCUT2D eigenvalue weighted by Crippen LogP contribution is 2.32. The van der Waals surface area contributed by atoms with E-state index < -0.39 is 5.60 Å². The van der Waals surface area contributed by atoms with Crippen molar-refractivity contribution in [3.05, 3.63) is 101 Å². The van der Waals surface area contributed by atoms with E-state index in [1.807, 2.05) is 41.8 Å². The number of aliphatic hydroxyl groups is 1. The minimum atomic E-state index is -1.19. The minimum absolute atomic E-state index is 0.137. The van der Waals surface area contributed by atoms with Gasteiger partial charge in [0.2, 0.25) is 0 Å². The molecule has 0 fully saturated rings. The molecular weight excluding hydrogens is 512 g/mol. The number of carbonyl (C=O) groups is 1. The molecule has 1 amide bonds. The Balaban J connectivity index is 1.87. The first-order chi connectivity index (χ1) is 17.7. The van der Waals surface area contributed by atoms with Crippen LogP contribution in [0.4, 0.5) is 4.39 Å². The van der Waals surface area contributed by atoms with Gasteiger partial charge in [0.05, 0.1) is 16.7 Å². The quantitative estimate of drug-likeness (QED) is 0.243. The average Bonchev–Trinajstić information content (AvgIpc) is 3.34. The Morgan fingerprint density at radius 1 is 1.27 bits per heavy atom. The molecule has 8 heteroatoms. The molecule has 3 rings (SSSR count). The molecule has 0 aliphatic carbocycles. The van der Waals surface area contributed by atoms with Crippen molar-refractivity contribution in [3.8, 4) is 11.4 Å². The molecule has 0 aliphatic heterocycles. The SMILES string of the molecule is C=CC(CC/C=C/Cl)n1cc(C(=O)N(C)CCC(O)(CC)c2ccc(F)cc2)nc1-c1ccccc1Cl. The summed E-state index contributed by atoms with van der Waals surface area (Å²) in [7, 11) is 1.67. The van der Waals surface area contributed by atoms with Gasteiger partial charge in [-0.15, -0.1) is 6.58 Å². The molecule has 2 atom stereocenters. The summed E-state index contributed by atoms with van der Waals surface area (Å²) in [5, 5.41) is 11.7. The zero-order valence-electron chi connectivity index (χ0n) is 21.1. The number of rotatable bonds is 12. The Kier molecular flexibility index (Phi) is 10.1. The van der Waals surface area contributed by atoms with Crippen molar-refractivity contribution >= 4 is 29.1 Å². The van der Waals surface area contributed by atoms with Crippen LogP contribution in [0.5, 0.6) is 0 Å². The van der Waals surface area contributed by atoms with E-state index >= 15 is 0 Å². The molecule has 1 heterocycles. The first-order valence-corrected chi connectivity index (χ1v) is 13.0. The van der Waals surface area contributed by atoms with Crippen molar-refractivity contribution in [1.82, 2.24) is 14.5 Å². The van der Waals surface area contributed by atoms with Crippen molar-refractivity contribution < 1.29 is 14.3 Å². The number of hydrogen-bond acceptors (Lipinski definition) is 3. The zero-order chi connectivity index (χ0) is 27.0. The van der Waals surface area contributed by atoms with Gasteiger partial charge in [-0.05, 0) is 55.5 Å². The third-order valence-corrected chi connectivity index (χ3v) is 7.10. The van der Waals surface area contributed by atoms with E-state index in [2.05, 4.69) is 11.6 Å². The van der Waals surface area contributed by atoms with Crippen LogP contribution in [0.2, 0.25) is 5.02 Å². The lowest BCUT2D eigenvalue weighted by atomic mass is 9.88. The number of aromatic nitrogens is 2. The summed E-state index contributed by atoms with van der Waals surface area (Å²) in [6, 6.07) is 13.0. The van der Waals surface area contributed by atoms with E-state index in [1.54, 1.807) is 31.4 Å². The highest BCUT2D eigenvalue weighted by atomic mass is 35.5. The van der Waals surface area contributed by atoms with E-state index in [-0.39, 0.29) is 36.4 Å². The third kappa shape index (κ3) is 6.89. The predicted octanol–water partition coefficient (Wildman–Crippen LogP) is 7.36. The second-order valence-corrected chi connectivity index (χ2v) is 9.61.